The Labute approximate surface area is 111 Å². The molecule has 18 heavy (non-hydrogen) atoms. The summed E-state index contributed by atoms with van der Waals surface area (Å²) in [5.74, 6) is 0.519. The van der Waals surface area contributed by atoms with Crippen molar-refractivity contribution in [3.8, 4) is 0 Å². The second kappa shape index (κ2) is 5.27. The molecule has 1 heteroatoms. The number of benzene rings is 1. The van der Waals surface area contributed by atoms with Crippen LogP contribution >= 0.6 is 0 Å². The molecule has 1 heterocycles. The summed E-state index contributed by atoms with van der Waals surface area (Å²) in [6, 6.07) is 10.7. The van der Waals surface area contributed by atoms with E-state index in [0.29, 0.717) is 12.0 Å². The normalized spacial score (nSPS) is 26.8. The molecule has 0 N–H and O–H groups in total. The molecule has 0 aromatic heterocycles. The monoisotopic (exact) mass is 244 g/mol. The lowest BCUT2D eigenvalue weighted by molar-refractivity contribution is -0.0691. The van der Waals surface area contributed by atoms with Gasteiger partial charge in [0.15, 0.2) is 0 Å². The van der Waals surface area contributed by atoms with Gasteiger partial charge in [-0.25, -0.2) is 0 Å². The molecular formula is C17H24O. The second-order valence-electron chi connectivity index (χ2n) is 5.65. The highest BCUT2D eigenvalue weighted by Crippen LogP contribution is 2.39. The number of rotatable bonds is 3. The fraction of sp³-hybridized carbons (Fsp3) is 0.529. The zero-order valence-electron chi connectivity index (χ0n) is 11.9. The molecule has 0 fully saturated rings. The average Bonchev–Trinajstić information content (AvgIpc) is 2.38. The fourth-order valence-electron chi connectivity index (χ4n) is 2.97. The molecule has 2 rings (SSSR count). The van der Waals surface area contributed by atoms with Crippen LogP contribution in [0.25, 0.3) is 5.57 Å². The molecule has 0 amide bonds. The molecule has 1 aliphatic heterocycles. The molecule has 0 spiro atoms. The van der Waals surface area contributed by atoms with Crippen molar-refractivity contribution in [3.05, 3.63) is 42.0 Å². The molecule has 1 aromatic rings. The third-order valence-electron chi connectivity index (χ3n) is 3.76. The van der Waals surface area contributed by atoms with E-state index >= 15 is 0 Å². The minimum absolute atomic E-state index is 0.155. The van der Waals surface area contributed by atoms with Crippen LogP contribution < -0.4 is 0 Å². The SMILES string of the molecule is CCC1OC(C)(C)C=C(c2ccccc2)C1CC. The van der Waals surface area contributed by atoms with Gasteiger partial charge in [0.25, 0.3) is 0 Å². The van der Waals surface area contributed by atoms with Gasteiger partial charge >= 0.3 is 0 Å². The zero-order valence-corrected chi connectivity index (χ0v) is 11.9. The van der Waals surface area contributed by atoms with Crippen LogP contribution in [0.4, 0.5) is 0 Å². The largest absolute Gasteiger partial charge is 0.368 e. The third kappa shape index (κ3) is 2.67. The molecule has 0 aliphatic carbocycles. The average molecular weight is 244 g/mol. The maximum atomic E-state index is 6.20. The highest BCUT2D eigenvalue weighted by Gasteiger charge is 2.34. The molecule has 0 bridgehead atoms. The lowest BCUT2D eigenvalue weighted by Gasteiger charge is -2.40. The van der Waals surface area contributed by atoms with Crippen LogP contribution in [0.2, 0.25) is 0 Å². The molecule has 0 saturated heterocycles. The van der Waals surface area contributed by atoms with Crippen molar-refractivity contribution in [3.63, 3.8) is 0 Å². The van der Waals surface area contributed by atoms with Gasteiger partial charge in [0.2, 0.25) is 0 Å². The molecule has 1 aromatic carbocycles. The molecule has 98 valence electrons. The quantitative estimate of drug-likeness (QED) is 0.750. The molecule has 2 unspecified atom stereocenters. The zero-order chi connectivity index (χ0) is 13.2. The van der Waals surface area contributed by atoms with Crippen molar-refractivity contribution in [1.82, 2.24) is 0 Å². The first-order valence-electron chi connectivity index (χ1n) is 7.03. The van der Waals surface area contributed by atoms with Crippen LogP contribution in [0.1, 0.15) is 46.1 Å². The number of hydrogen-bond acceptors (Lipinski definition) is 1. The van der Waals surface area contributed by atoms with E-state index in [2.05, 4.69) is 64.1 Å². The Balaban J connectivity index is 2.43. The Morgan fingerprint density at radius 2 is 1.72 bits per heavy atom. The van der Waals surface area contributed by atoms with Crippen molar-refractivity contribution in [1.29, 1.82) is 0 Å². The summed E-state index contributed by atoms with van der Waals surface area (Å²) in [5.41, 5.74) is 2.65. The topological polar surface area (TPSA) is 9.23 Å². The highest BCUT2D eigenvalue weighted by molar-refractivity contribution is 5.69. The predicted octanol–water partition coefficient (Wildman–Crippen LogP) is 4.68. The maximum Gasteiger partial charge on any atom is 0.0816 e. The van der Waals surface area contributed by atoms with E-state index < -0.39 is 0 Å². The smallest absolute Gasteiger partial charge is 0.0816 e. The highest BCUT2D eigenvalue weighted by atomic mass is 16.5. The van der Waals surface area contributed by atoms with Gasteiger partial charge in [-0.3, -0.25) is 0 Å². The first-order valence-corrected chi connectivity index (χ1v) is 7.03. The summed E-state index contributed by atoms with van der Waals surface area (Å²) < 4.78 is 6.20. The van der Waals surface area contributed by atoms with Crippen LogP contribution in [0.5, 0.6) is 0 Å². The summed E-state index contributed by atoms with van der Waals surface area (Å²) >= 11 is 0. The van der Waals surface area contributed by atoms with E-state index in [-0.39, 0.29) is 5.60 Å². The van der Waals surface area contributed by atoms with Crippen molar-refractivity contribution >= 4 is 5.57 Å². The van der Waals surface area contributed by atoms with E-state index in [1.807, 2.05) is 0 Å². The third-order valence-corrected chi connectivity index (χ3v) is 3.76. The van der Waals surface area contributed by atoms with Crippen LogP contribution in [-0.4, -0.2) is 11.7 Å². The van der Waals surface area contributed by atoms with E-state index in [9.17, 15) is 0 Å². The van der Waals surface area contributed by atoms with Gasteiger partial charge in [-0.05, 0) is 43.9 Å². The van der Waals surface area contributed by atoms with Gasteiger partial charge in [0.05, 0.1) is 11.7 Å². The molecule has 1 nitrogen and oxygen atoms in total. The summed E-state index contributed by atoms with van der Waals surface area (Å²) in [4.78, 5) is 0. The van der Waals surface area contributed by atoms with Gasteiger partial charge in [-0.1, -0.05) is 44.2 Å². The van der Waals surface area contributed by atoms with Gasteiger partial charge < -0.3 is 4.74 Å². The molecule has 1 aliphatic rings. The van der Waals surface area contributed by atoms with Crippen molar-refractivity contribution in [2.75, 3.05) is 0 Å². The lowest BCUT2D eigenvalue weighted by atomic mass is 9.80. The minimum Gasteiger partial charge on any atom is -0.368 e. The van der Waals surface area contributed by atoms with E-state index in [1.54, 1.807) is 0 Å². The van der Waals surface area contributed by atoms with E-state index in [4.69, 9.17) is 4.74 Å². The predicted molar refractivity (Wildman–Crippen MR) is 77.4 cm³/mol. The van der Waals surface area contributed by atoms with Crippen molar-refractivity contribution in [2.45, 2.75) is 52.2 Å². The Bertz CT molecular complexity index is 416. The van der Waals surface area contributed by atoms with Crippen molar-refractivity contribution < 1.29 is 4.74 Å². The number of hydrogen-bond donors (Lipinski definition) is 0. The Morgan fingerprint density at radius 3 is 2.28 bits per heavy atom. The summed E-state index contributed by atoms with van der Waals surface area (Å²) in [5, 5.41) is 0. The molecular weight excluding hydrogens is 220 g/mol. The van der Waals surface area contributed by atoms with Crippen LogP contribution in [-0.2, 0) is 4.74 Å². The van der Waals surface area contributed by atoms with Gasteiger partial charge in [0, 0.05) is 5.92 Å². The van der Waals surface area contributed by atoms with E-state index in [1.165, 1.54) is 11.1 Å². The first-order chi connectivity index (χ1) is 8.57. The summed E-state index contributed by atoms with van der Waals surface area (Å²) in [6.07, 6.45) is 4.86. The first kappa shape index (κ1) is 13.4. The Kier molecular flexibility index (Phi) is 3.91. The van der Waals surface area contributed by atoms with Gasteiger partial charge in [-0.2, -0.15) is 0 Å². The minimum atomic E-state index is -0.155. The van der Waals surface area contributed by atoms with Gasteiger partial charge in [0.1, 0.15) is 0 Å². The van der Waals surface area contributed by atoms with Crippen molar-refractivity contribution in [2.24, 2.45) is 5.92 Å². The Morgan fingerprint density at radius 1 is 1.06 bits per heavy atom. The van der Waals surface area contributed by atoms with Crippen LogP contribution in [0, 0.1) is 5.92 Å². The Hall–Kier alpha value is -1.08. The molecule has 0 saturated carbocycles. The molecule has 0 radical (unpaired) electrons. The summed E-state index contributed by atoms with van der Waals surface area (Å²) in [7, 11) is 0. The number of ether oxygens (including phenoxy) is 1. The fourth-order valence-corrected chi connectivity index (χ4v) is 2.97. The lowest BCUT2D eigenvalue weighted by Crippen LogP contribution is -2.38. The van der Waals surface area contributed by atoms with E-state index in [0.717, 1.165) is 12.8 Å². The molecule has 2 atom stereocenters. The van der Waals surface area contributed by atoms with Gasteiger partial charge in [-0.15, -0.1) is 0 Å². The second-order valence-corrected chi connectivity index (χ2v) is 5.65. The standard InChI is InChI=1S/C17H24O/c1-5-14-15(13-10-8-7-9-11-13)12-17(3,4)18-16(14)6-2/h7-12,14,16H,5-6H2,1-4H3. The van der Waals surface area contributed by atoms with Crippen LogP contribution in [0.3, 0.4) is 0 Å². The maximum absolute atomic E-state index is 6.20. The van der Waals surface area contributed by atoms with Crippen LogP contribution in [0.15, 0.2) is 36.4 Å². The summed E-state index contributed by atoms with van der Waals surface area (Å²) in [6.45, 7) is 8.79.